The summed E-state index contributed by atoms with van der Waals surface area (Å²) in [6, 6.07) is 0. The maximum atomic E-state index is 11.9. The first-order valence-corrected chi connectivity index (χ1v) is 6.14. The lowest BCUT2D eigenvalue weighted by Crippen LogP contribution is -2.29. The second-order valence-corrected chi connectivity index (χ2v) is 4.23. The Labute approximate surface area is 108 Å². The topological polar surface area (TPSA) is 105 Å². The highest BCUT2D eigenvalue weighted by Gasteiger charge is 2.16. The van der Waals surface area contributed by atoms with E-state index in [1.807, 2.05) is 6.92 Å². The maximum Gasteiger partial charge on any atom is 0.329 e. The Morgan fingerprint density at radius 2 is 2.16 bits per heavy atom. The number of nitrogens with zero attached hydrogens (tertiary/aromatic N) is 3. The monoisotopic (exact) mass is 267 g/mol. The van der Waals surface area contributed by atoms with Gasteiger partial charge >= 0.3 is 5.69 Å². The Morgan fingerprint density at radius 1 is 1.42 bits per heavy atom. The third-order valence-electron chi connectivity index (χ3n) is 2.86. The van der Waals surface area contributed by atoms with Gasteiger partial charge in [-0.2, -0.15) is 4.98 Å². The van der Waals surface area contributed by atoms with Crippen molar-refractivity contribution < 1.29 is 5.11 Å². The van der Waals surface area contributed by atoms with E-state index < -0.39 is 11.2 Å². The molecule has 0 aliphatic heterocycles. The quantitative estimate of drug-likeness (QED) is 0.660. The Balaban J connectivity index is 2.73. The summed E-state index contributed by atoms with van der Waals surface area (Å²) in [5.41, 5.74) is -0.410. The Kier molecular flexibility index (Phi) is 3.70. The van der Waals surface area contributed by atoms with Crippen LogP contribution in [0.3, 0.4) is 0 Å². The molecule has 0 spiro atoms. The predicted molar refractivity (Wildman–Crippen MR) is 71.5 cm³/mol. The van der Waals surface area contributed by atoms with Crippen molar-refractivity contribution in [1.29, 1.82) is 0 Å². The summed E-state index contributed by atoms with van der Waals surface area (Å²) in [5, 5.41) is 12.2. The summed E-state index contributed by atoms with van der Waals surface area (Å²) in [6.45, 7) is 2.83. The summed E-state index contributed by atoms with van der Waals surface area (Å²) < 4.78 is 2.87. The van der Waals surface area contributed by atoms with Crippen molar-refractivity contribution in [2.75, 3.05) is 18.5 Å². The minimum Gasteiger partial charge on any atom is -0.395 e. The largest absolute Gasteiger partial charge is 0.395 e. The second kappa shape index (κ2) is 5.27. The van der Waals surface area contributed by atoms with E-state index in [9.17, 15) is 9.59 Å². The number of hydrogen-bond acceptors (Lipinski definition) is 5. The van der Waals surface area contributed by atoms with Gasteiger partial charge in [-0.25, -0.2) is 4.79 Å². The van der Waals surface area contributed by atoms with Crippen LogP contribution in [0.4, 0.5) is 5.95 Å². The first-order chi connectivity index (χ1) is 9.10. The van der Waals surface area contributed by atoms with E-state index in [1.54, 1.807) is 11.6 Å². The zero-order chi connectivity index (χ0) is 14.0. The number of hydrogen-bond donors (Lipinski definition) is 3. The molecular formula is C11H17N5O3. The highest BCUT2D eigenvalue weighted by atomic mass is 16.3. The van der Waals surface area contributed by atoms with E-state index in [-0.39, 0.29) is 18.7 Å². The van der Waals surface area contributed by atoms with Crippen LogP contribution in [0, 0.1) is 0 Å². The Morgan fingerprint density at radius 3 is 2.79 bits per heavy atom. The molecule has 2 heterocycles. The lowest BCUT2D eigenvalue weighted by Gasteiger charge is -2.07. The van der Waals surface area contributed by atoms with Crippen LogP contribution in [-0.2, 0) is 13.6 Å². The normalized spacial score (nSPS) is 11.1. The molecule has 0 aromatic carbocycles. The van der Waals surface area contributed by atoms with Crippen molar-refractivity contribution in [3.63, 3.8) is 0 Å². The molecule has 0 saturated carbocycles. The number of imidazole rings is 1. The number of aromatic nitrogens is 4. The van der Waals surface area contributed by atoms with Gasteiger partial charge in [-0.1, -0.05) is 6.92 Å². The minimum atomic E-state index is -0.506. The molecule has 8 heteroatoms. The molecular weight excluding hydrogens is 250 g/mol. The molecule has 0 aliphatic rings. The fourth-order valence-electron chi connectivity index (χ4n) is 1.92. The summed E-state index contributed by atoms with van der Waals surface area (Å²) in [6.07, 6.45) is 0.900. The van der Waals surface area contributed by atoms with Gasteiger partial charge in [0.15, 0.2) is 11.2 Å². The van der Waals surface area contributed by atoms with Gasteiger partial charge in [0.2, 0.25) is 5.95 Å². The van der Waals surface area contributed by atoms with Crippen LogP contribution in [0.2, 0.25) is 0 Å². The molecule has 104 valence electrons. The lowest BCUT2D eigenvalue weighted by molar-refractivity contribution is 0.278. The SMILES string of the molecule is CCCNc1nc2c(c(=O)[nH]c(=O)n2C)n1CCO. The van der Waals surface area contributed by atoms with Gasteiger partial charge in [-0.15, -0.1) is 0 Å². The Bertz CT molecular complexity index is 697. The zero-order valence-corrected chi connectivity index (χ0v) is 10.9. The minimum absolute atomic E-state index is 0.117. The first-order valence-electron chi connectivity index (χ1n) is 6.14. The van der Waals surface area contributed by atoms with Gasteiger partial charge in [0.1, 0.15) is 0 Å². The molecule has 2 aromatic heterocycles. The standard InChI is InChI=1S/C11H17N5O3/c1-3-4-12-10-13-8-7(16(10)5-6-17)9(18)14-11(19)15(8)2/h17H,3-6H2,1-2H3,(H,12,13)(H,14,18,19). The van der Waals surface area contributed by atoms with Crippen LogP contribution in [0.25, 0.3) is 11.2 Å². The first kappa shape index (κ1) is 13.3. The highest BCUT2D eigenvalue weighted by Crippen LogP contribution is 2.14. The van der Waals surface area contributed by atoms with Gasteiger partial charge in [-0.05, 0) is 6.42 Å². The average molecular weight is 267 g/mol. The fraction of sp³-hybridized carbons (Fsp3) is 0.545. The van der Waals surface area contributed by atoms with E-state index in [4.69, 9.17) is 5.11 Å². The van der Waals surface area contributed by atoms with Crippen molar-refractivity contribution >= 4 is 17.1 Å². The summed E-state index contributed by atoms with van der Waals surface area (Å²) in [5.74, 6) is 0.484. The number of aromatic amines is 1. The molecule has 0 bridgehead atoms. The fourth-order valence-corrected chi connectivity index (χ4v) is 1.92. The van der Waals surface area contributed by atoms with Gasteiger partial charge in [0, 0.05) is 20.1 Å². The molecule has 3 N–H and O–H groups in total. The third kappa shape index (κ3) is 2.26. The molecule has 0 amide bonds. The van der Waals surface area contributed by atoms with Crippen molar-refractivity contribution in [2.45, 2.75) is 19.9 Å². The van der Waals surface area contributed by atoms with Gasteiger partial charge in [0.25, 0.3) is 5.56 Å². The number of aryl methyl sites for hydroxylation is 1. The van der Waals surface area contributed by atoms with Crippen LogP contribution in [0.15, 0.2) is 9.59 Å². The number of aliphatic hydroxyl groups is 1. The molecule has 19 heavy (non-hydrogen) atoms. The van der Waals surface area contributed by atoms with E-state index in [0.29, 0.717) is 18.1 Å². The van der Waals surface area contributed by atoms with E-state index >= 15 is 0 Å². The molecule has 0 aliphatic carbocycles. The van der Waals surface area contributed by atoms with E-state index in [2.05, 4.69) is 15.3 Å². The summed E-state index contributed by atoms with van der Waals surface area (Å²) in [4.78, 5) is 29.9. The maximum absolute atomic E-state index is 11.9. The van der Waals surface area contributed by atoms with Crippen molar-refractivity contribution in [3.05, 3.63) is 20.8 Å². The molecule has 0 unspecified atom stereocenters. The van der Waals surface area contributed by atoms with Crippen LogP contribution in [-0.4, -0.2) is 37.4 Å². The third-order valence-corrected chi connectivity index (χ3v) is 2.86. The number of anilines is 1. The molecule has 0 fully saturated rings. The number of H-pyrrole nitrogens is 1. The number of fused-ring (bicyclic) bond motifs is 1. The smallest absolute Gasteiger partial charge is 0.329 e. The highest BCUT2D eigenvalue weighted by molar-refractivity contribution is 5.74. The average Bonchev–Trinajstić information content (AvgIpc) is 2.74. The molecule has 0 atom stereocenters. The van der Waals surface area contributed by atoms with Gasteiger partial charge < -0.3 is 15.0 Å². The molecule has 2 aromatic rings. The van der Waals surface area contributed by atoms with Crippen LogP contribution >= 0.6 is 0 Å². The van der Waals surface area contributed by atoms with E-state index in [0.717, 1.165) is 6.42 Å². The van der Waals surface area contributed by atoms with Crippen LogP contribution in [0.1, 0.15) is 13.3 Å². The molecule has 0 saturated heterocycles. The van der Waals surface area contributed by atoms with E-state index in [1.165, 1.54) is 4.57 Å². The molecule has 8 nitrogen and oxygen atoms in total. The zero-order valence-electron chi connectivity index (χ0n) is 10.9. The molecule has 2 rings (SSSR count). The second-order valence-electron chi connectivity index (χ2n) is 4.23. The van der Waals surface area contributed by atoms with Crippen molar-refractivity contribution in [2.24, 2.45) is 7.05 Å². The number of nitrogens with one attached hydrogen (secondary N) is 2. The Hall–Kier alpha value is -2.09. The lowest BCUT2D eigenvalue weighted by atomic mass is 10.5. The number of rotatable bonds is 5. The summed E-state index contributed by atoms with van der Waals surface area (Å²) >= 11 is 0. The number of aliphatic hydroxyl groups excluding tert-OH is 1. The van der Waals surface area contributed by atoms with Crippen LogP contribution < -0.4 is 16.6 Å². The predicted octanol–water partition coefficient (Wildman–Crippen LogP) is -0.762. The van der Waals surface area contributed by atoms with Crippen molar-refractivity contribution in [1.82, 2.24) is 19.1 Å². The van der Waals surface area contributed by atoms with Crippen molar-refractivity contribution in [3.8, 4) is 0 Å². The molecule has 0 radical (unpaired) electrons. The van der Waals surface area contributed by atoms with Crippen LogP contribution in [0.5, 0.6) is 0 Å². The van der Waals surface area contributed by atoms with Gasteiger partial charge in [-0.3, -0.25) is 14.3 Å². The summed E-state index contributed by atoms with van der Waals surface area (Å²) in [7, 11) is 1.54. The van der Waals surface area contributed by atoms with Gasteiger partial charge in [0.05, 0.1) is 6.61 Å².